The first kappa shape index (κ1) is 16.5. The van der Waals surface area contributed by atoms with Crippen molar-refractivity contribution in [2.24, 2.45) is 0 Å². The third-order valence-electron chi connectivity index (χ3n) is 3.48. The zero-order chi connectivity index (χ0) is 17.0. The molecule has 5 heteroatoms. The van der Waals surface area contributed by atoms with E-state index in [2.05, 4.69) is 10.6 Å². The van der Waals surface area contributed by atoms with E-state index in [9.17, 15) is 9.59 Å². The monoisotopic (exact) mass is 311 g/mol. The average molecular weight is 311 g/mol. The van der Waals surface area contributed by atoms with E-state index in [1.165, 1.54) is 0 Å². The van der Waals surface area contributed by atoms with Crippen LogP contribution >= 0.6 is 0 Å². The number of aryl methyl sites for hydroxylation is 2. The van der Waals surface area contributed by atoms with Crippen LogP contribution in [-0.2, 0) is 9.59 Å². The van der Waals surface area contributed by atoms with Gasteiger partial charge in [0.25, 0.3) is 0 Å². The van der Waals surface area contributed by atoms with E-state index < -0.39 is 11.8 Å². The Balaban J connectivity index is 2.01. The number of amides is 2. The molecule has 0 bridgehead atoms. The highest BCUT2D eigenvalue weighted by Crippen LogP contribution is 2.17. The smallest absolute Gasteiger partial charge is 0.314 e. The number of anilines is 3. The molecule has 23 heavy (non-hydrogen) atoms. The van der Waals surface area contributed by atoms with Crippen molar-refractivity contribution < 1.29 is 9.59 Å². The van der Waals surface area contributed by atoms with Gasteiger partial charge in [0.05, 0.1) is 0 Å². The molecule has 0 saturated carbocycles. The van der Waals surface area contributed by atoms with Gasteiger partial charge in [-0.1, -0.05) is 17.7 Å². The summed E-state index contributed by atoms with van der Waals surface area (Å²) in [6.45, 7) is 3.86. The number of carbonyl (C=O) groups is 2. The molecule has 2 amide bonds. The number of rotatable bonds is 3. The van der Waals surface area contributed by atoms with E-state index in [0.717, 1.165) is 16.8 Å². The Labute approximate surface area is 136 Å². The Morgan fingerprint density at radius 1 is 0.870 bits per heavy atom. The van der Waals surface area contributed by atoms with Crippen molar-refractivity contribution in [1.82, 2.24) is 0 Å². The van der Waals surface area contributed by atoms with E-state index in [1.54, 1.807) is 18.2 Å². The van der Waals surface area contributed by atoms with Crippen LogP contribution in [0.5, 0.6) is 0 Å². The minimum Gasteiger partial charge on any atom is -0.378 e. The molecule has 0 aromatic heterocycles. The number of carbonyl (C=O) groups excluding carboxylic acids is 2. The van der Waals surface area contributed by atoms with Gasteiger partial charge in [-0.25, -0.2) is 0 Å². The molecule has 0 aliphatic heterocycles. The first-order valence-corrected chi connectivity index (χ1v) is 7.34. The van der Waals surface area contributed by atoms with Gasteiger partial charge in [0.2, 0.25) is 0 Å². The summed E-state index contributed by atoms with van der Waals surface area (Å²) >= 11 is 0. The molecule has 0 saturated heterocycles. The fourth-order valence-corrected chi connectivity index (χ4v) is 2.16. The SMILES string of the molecule is Cc1ccc(NC(=O)C(=O)Nc2ccc(N(C)C)cc2)c(C)c1. The zero-order valence-corrected chi connectivity index (χ0v) is 13.8. The molecule has 2 aromatic rings. The predicted molar refractivity (Wildman–Crippen MR) is 93.9 cm³/mol. The summed E-state index contributed by atoms with van der Waals surface area (Å²) in [6, 6.07) is 12.9. The molecule has 0 atom stereocenters. The molecule has 2 rings (SSSR count). The maximum atomic E-state index is 12.0. The number of nitrogens with zero attached hydrogens (tertiary/aromatic N) is 1. The fraction of sp³-hybridized carbons (Fsp3) is 0.222. The maximum Gasteiger partial charge on any atom is 0.314 e. The first-order chi connectivity index (χ1) is 10.9. The predicted octanol–water partition coefficient (Wildman–Crippen LogP) is 2.95. The number of hydrogen-bond acceptors (Lipinski definition) is 3. The summed E-state index contributed by atoms with van der Waals surface area (Å²) in [4.78, 5) is 25.9. The lowest BCUT2D eigenvalue weighted by atomic mass is 10.1. The Bertz CT molecular complexity index is 722. The third kappa shape index (κ3) is 4.32. The molecule has 120 valence electrons. The molecular formula is C18H21N3O2. The van der Waals surface area contributed by atoms with Crippen molar-refractivity contribution in [1.29, 1.82) is 0 Å². The van der Waals surface area contributed by atoms with Crippen LogP contribution in [0.3, 0.4) is 0 Å². The highest BCUT2D eigenvalue weighted by atomic mass is 16.2. The summed E-state index contributed by atoms with van der Waals surface area (Å²) in [6.07, 6.45) is 0. The van der Waals surface area contributed by atoms with E-state index in [0.29, 0.717) is 11.4 Å². The maximum absolute atomic E-state index is 12.0. The van der Waals surface area contributed by atoms with Crippen LogP contribution in [0.4, 0.5) is 17.1 Å². The standard InChI is InChI=1S/C18H21N3O2/c1-12-5-10-16(13(2)11-12)20-18(23)17(22)19-14-6-8-15(9-7-14)21(3)4/h5-11H,1-4H3,(H,19,22)(H,20,23). The first-order valence-electron chi connectivity index (χ1n) is 7.34. The lowest BCUT2D eigenvalue weighted by molar-refractivity contribution is -0.133. The second-order valence-corrected chi connectivity index (χ2v) is 5.67. The van der Waals surface area contributed by atoms with Gasteiger partial charge < -0.3 is 15.5 Å². The largest absolute Gasteiger partial charge is 0.378 e. The lowest BCUT2D eigenvalue weighted by Gasteiger charge is -2.13. The van der Waals surface area contributed by atoms with Crippen LogP contribution in [0.15, 0.2) is 42.5 Å². The van der Waals surface area contributed by atoms with Crippen molar-refractivity contribution in [2.45, 2.75) is 13.8 Å². The van der Waals surface area contributed by atoms with Crippen molar-refractivity contribution in [3.05, 3.63) is 53.6 Å². The van der Waals surface area contributed by atoms with Crippen LogP contribution < -0.4 is 15.5 Å². The molecule has 2 aromatic carbocycles. The van der Waals surface area contributed by atoms with E-state index >= 15 is 0 Å². The van der Waals surface area contributed by atoms with Gasteiger partial charge in [0.1, 0.15) is 0 Å². The van der Waals surface area contributed by atoms with Crippen LogP contribution in [0, 0.1) is 13.8 Å². The molecule has 0 spiro atoms. The Hall–Kier alpha value is -2.82. The summed E-state index contributed by atoms with van der Waals surface area (Å²) < 4.78 is 0. The summed E-state index contributed by atoms with van der Waals surface area (Å²) in [7, 11) is 3.87. The highest BCUT2D eigenvalue weighted by molar-refractivity contribution is 6.43. The molecule has 5 nitrogen and oxygen atoms in total. The van der Waals surface area contributed by atoms with E-state index in [4.69, 9.17) is 0 Å². The van der Waals surface area contributed by atoms with Crippen LogP contribution in [0.1, 0.15) is 11.1 Å². The summed E-state index contributed by atoms with van der Waals surface area (Å²) in [5.74, 6) is -1.38. The minimum atomic E-state index is -0.692. The minimum absolute atomic E-state index is 0.580. The van der Waals surface area contributed by atoms with Gasteiger partial charge in [-0.05, 0) is 49.7 Å². The van der Waals surface area contributed by atoms with Crippen LogP contribution in [0.25, 0.3) is 0 Å². The molecule has 0 unspecified atom stereocenters. The van der Waals surface area contributed by atoms with Crippen LogP contribution in [0.2, 0.25) is 0 Å². The number of hydrogen-bond donors (Lipinski definition) is 2. The summed E-state index contributed by atoms with van der Waals surface area (Å²) in [5, 5.41) is 5.22. The summed E-state index contributed by atoms with van der Waals surface area (Å²) in [5.41, 5.74) is 4.25. The Morgan fingerprint density at radius 2 is 1.48 bits per heavy atom. The van der Waals surface area contributed by atoms with Gasteiger partial charge in [-0.15, -0.1) is 0 Å². The third-order valence-corrected chi connectivity index (χ3v) is 3.48. The Morgan fingerprint density at radius 3 is 2.04 bits per heavy atom. The van der Waals surface area contributed by atoms with Crippen molar-refractivity contribution >= 4 is 28.9 Å². The molecule has 2 N–H and O–H groups in total. The van der Waals surface area contributed by atoms with Crippen molar-refractivity contribution in [2.75, 3.05) is 29.6 Å². The number of benzene rings is 2. The van der Waals surface area contributed by atoms with Gasteiger partial charge in [0.15, 0.2) is 0 Å². The second-order valence-electron chi connectivity index (χ2n) is 5.67. The van der Waals surface area contributed by atoms with Gasteiger partial charge in [0, 0.05) is 31.2 Å². The molecule has 0 aliphatic rings. The lowest BCUT2D eigenvalue weighted by Crippen LogP contribution is -2.29. The molecule has 0 aliphatic carbocycles. The molecular weight excluding hydrogens is 290 g/mol. The van der Waals surface area contributed by atoms with Gasteiger partial charge in [-0.3, -0.25) is 9.59 Å². The molecule has 0 heterocycles. The molecule has 0 radical (unpaired) electrons. The second kappa shape index (κ2) is 6.96. The molecule has 0 fully saturated rings. The fourth-order valence-electron chi connectivity index (χ4n) is 2.16. The number of nitrogens with one attached hydrogen (secondary N) is 2. The average Bonchev–Trinajstić information content (AvgIpc) is 2.50. The highest BCUT2D eigenvalue weighted by Gasteiger charge is 2.15. The van der Waals surface area contributed by atoms with Crippen molar-refractivity contribution in [3.63, 3.8) is 0 Å². The quantitative estimate of drug-likeness (QED) is 0.857. The van der Waals surface area contributed by atoms with Gasteiger partial charge in [-0.2, -0.15) is 0 Å². The topological polar surface area (TPSA) is 61.4 Å². The normalized spacial score (nSPS) is 10.1. The van der Waals surface area contributed by atoms with Gasteiger partial charge >= 0.3 is 11.8 Å². The van der Waals surface area contributed by atoms with E-state index in [-0.39, 0.29) is 0 Å². The van der Waals surface area contributed by atoms with Crippen molar-refractivity contribution in [3.8, 4) is 0 Å². The van der Waals surface area contributed by atoms with Crippen LogP contribution in [-0.4, -0.2) is 25.9 Å². The Kier molecular flexibility index (Phi) is 5.01. The van der Waals surface area contributed by atoms with E-state index in [1.807, 2.05) is 57.1 Å². The zero-order valence-electron chi connectivity index (χ0n) is 13.8.